The van der Waals surface area contributed by atoms with Gasteiger partial charge in [-0.25, -0.2) is 0 Å². The second kappa shape index (κ2) is 3.84. The van der Waals surface area contributed by atoms with Crippen LogP contribution in [0.2, 0.25) is 0 Å². The van der Waals surface area contributed by atoms with Gasteiger partial charge in [0.25, 0.3) is 0 Å². The van der Waals surface area contributed by atoms with Crippen LogP contribution in [0.1, 0.15) is 17.7 Å². The monoisotopic (exact) mass is 194 g/mol. The first-order valence-electron chi connectivity index (χ1n) is 4.81. The van der Waals surface area contributed by atoms with Crippen molar-refractivity contribution in [3.8, 4) is 0 Å². The topological polar surface area (TPSA) is 54.3 Å². The van der Waals surface area contributed by atoms with Gasteiger partial charge in [-0.3, -0.25) is 10.1 Å². The van der Waals surface area contributed by atoms with Gasteiger partial charge in [0.2, 0.25) is 5.91 Å². The van der Waals surface area contributed by atoms with Crippen molar-refractivity contribution in [3.05, 3.63) is 23.7 Å². The normalized spacial score (nSPS) is 21.2. The Balaban J connectivity index is 1.88. The zero-order chi connectivity index (χ0) is 9.97. The van der Waals surface area contributed by atoms with Gasteiger partial charge in [-0.15, -0.1) is 0 Å². The fraction of sp³-hybridized carbons (Fsp3) is 0.500. The van der Waals surface area contributed by atoms with Crippen LogP contribution in [0.3, 0.4) is 0 Å². The lowest BCUT2D eigenvalue weighted by atomic mass is 10.2. The summed E-state index contributed by atoms with van der Waals surface area (Å²) in [4.78, 5) is 11.2. The van der Waals surface area contributed by atoms with E-state index in [0.29, 0.717) is 6.54 Å². The Hall–Kier alpha value is -1.29. The minimum Gasteiger partial charge on any atom is -0.468 e. The molecule has 1 amide bonds. The lowest BCUT2D eigenvalue weighted by Crippen LogP contribution is -2.35. The van der Waals surface area contributed by atoms with E-state index in [4.69, 9.17) is 4.42 Å². The molecule has 0 aromatic carbocycles. The molecule has 0 aliphatic carbocycles. The van der Waals surface area contributed by atoms with Gasteiger partial charge in [0, 0.05) is 6.54 Å². The van der Waals surface area contributed by atoms with E-state index in [9.17, 15) is 4.79 Å². The number of aryl methyl sites for hydroxylation is 1. The van der Waals surface area contributed by atoms with Crippen molar-refractivity contribution in [3.63, 3.8) is 0 Å². The van der Waals surface area contributed by atoms with Crippen LogP contribution in [0.15, 0.2) is 16.7 Å². The molecule has 4 heteroatoms. The highest BCUT2D eigenvalue weighted by molar-refractivity contribution is 5.83. The largest absolute Gasteiger partial charge is 0.468 e. The van der Waals surface area contributed by atoms with E-state index >= 15 is 0 Å². The number of hydrogen-bond acceptors (Lipinski definition) is 3. The van der Waals surface area contributed by atoms with Gasteiger partial charge in [-0.05, 0) is 25.0 Å². The Kier molecular flexibility index (Phi) is 2.54. The molecule has 1 aromatic heterocycles. The maximum atomic E-state index is 11.2. The highest BCUT2D eigenvalue weighted by Crippen LogP contribution is 2.09. The van der Waals surface area contributed by atoms with E-state index < -0.39 is 0 Å². The van der Waals surface area contributed by atoms with E-state index in [-0.39, 0.29) is 11.9 Å². The molecular formula is C10H14N2O2. The number of carbonyl (C=O) groups excluding carboxylic acids is 1. The summed E-state index contributed by atoms with van der Waals surface area (Å²) in [7, 11) is 0. The average Bonchev–Trinajstić information content (AvgIpc) is 2.72. The van der Waals surface area contributed by atoms with Crippen molar-refractivity contribution in [2.75, 3.05) is 6.54 Å². The van der Waals surface area contributed by atoms with Crippen LogP contribution in [0.4, 0.5) is 0 Å². The number of furan rings is 1. The SMILES string of the molecule is Cc1ccoc1CNC1CCNC1=O. The summed E-state index contributed by atoms with van der Waals surface area (Å²) in [5.41, 5.74) is 1.12. The Bertz CT molecular complexity index is 333. The van der Waals surface area contributed by atoms with Crippen molar-refractivity contribution in [2.24, 2.45) is 0 Å². The van der Waals surface area contributed by atoms with Gasteiger partial charge in [0.05, 0.1) is 18.8 Å². The fourth-order valence-electron chi connectivity index (χ4n) is 1.59. The second-order valence-electron chi connectivity index (χ2n) is 3.54. The summed E-state index contributed by atoms with van der Waals surface area (Å²) in [5, 5.41) is 5.95. The number of amides is 1. The van der Waals surface area contributed by atoms with Crippen LogP contribution in [-0.2, 0) is 11.3 Å². The molecule has 1 fully saturated rings. The molecule has 1 aromatic rings. The van der Waals surface area contributed by atoms with Gasteiger partial charge >= 0.3 is 0 Å². The number of carbonyl (C=O) groups is 1. The third kappa shape index (κ3) is 1.80. The summed E-state index contributed by atoms with van der Waals surface area (Å²) >= 11 is 0. The molecule has 0 radical (unpaired) electrons. The predicted octanol–water partition coefficient (Wildman–Crippen LogP) is 0.566. The first kappa shape index (κ1) is 9.27. The molecule has 1 aliphatic heterocycles. The summed E-state index contributed by atoms with van der Waals surface area (Å²) in [6.45, 7) is 3.39. The maximum Gasteiger partial charge on any atom is 0.237 e. The first-order chi connectivity index (χ1) is 6.77. The third-order valence-corrected chi connectivity index (χ3v) is 2.53. The fourth-order valence-corrected chi connectivity index (χ4v) is 1.59. The van der Waals surface area contributed by atoms with Gasteiger partial charge in [0.1, 0.15) is 5.76 Å². The lowest BCUT2D eigenvalue weighted by Gasteiger charge is -2.08. The summed E-state index contributed by atoms with van der Waals surface area (Å²) in [6, 6.07) is 1.87. The molecule has 2 N–H and O–H groups in total. The zero-order valence-electron chi connectivity index (χ0n) is 8.17. The molecule has 1 atom stereocenters. The molecule has 1 unspecified atom stereocenters. The smallest absolute Gasteiger partial charge is 0.237 e. The Morgan fingerprint density at radius 1 is 1.71 bits per heavy atom. The van der Waals surface area contributed by atoms with Crippen molar-refractivity contribution >= 4 is 5.91 Å². The van der Waals surface area contributed by atoms with Gasteiger partial charge in [-0.1, -0.05) is 0 Å². The third-order valence-electron chi connectivity index (χ3n) is 2.53. The van der Waals surface area contributed by atoms with Crippen molar-refractivity contribution in [1.29, 1.82) is 0 Å². The van der Waals surface area contributed by atoms with Crippen LogP contribution >= 0.6 is 0 Å². The molecule has 4 nitrogen and oxygen atoms in total. The van der Waals surface area contributed by atoms with E-state index in [1.165, 1.54) is 0 Å². The van der Waals surface area contributed by atoms with Crippen molar-refractivity contribution < 1.29 is 9.21 Å². The lowest BCUT2D eigenvalue weighted by molar-refractivity contribution is -0.120. The molecule has 2 rings (SSSR count). The predicted molar refractivity (Wildman–Crippen MR) is 51.7 cm³/mol. The van der Waals surface area contributed by atoms with Crippen LogP contribution in [0.5, 0.6) is 0 Å². The maximum absolute atomic E-state index is 11.2. The molecule has 1 saturated heterocycles. The molecule has 0 bridgehead atoms. The molecule has 2 heterocycles. The Morgan fingerprint density at radius 3 is 3.14 bits per heavy atom. The van der Waals surface area contributed by atoms with E-state index in [1.54, 1.807) is 6.26 Å². The summed E-state index contributed by atoms with van der Waals surface area (Å²) < 4.78 is 5.27. The Labute approximate surface area is 82.7 Å². The average molecular weight is 194 g/mol. The van der Waals surface area contributed by atoms with Gasteiger partial charge in [0.15, 0.2) is 0 Å². The summed E-state index contributed by atoms with van der Waals surface area (Å²) in [6.07, 6.45) is 2.53. The Morgan fingerprint density at radius 2 is 2.57 bits per heavy atom. The quantitative estimate of drug-likeness (QED) is 0.739. The second-order valence-corrected chi connectivity index (χ2v) is 3.54. The molecular weight excluding hydrogens is 180 g/mol. The van der Waals surface area contributed by atoms with Crippen LogP contribution in [0, 0.1) is 6.92 Å². The standard InChI is InChI=1S/C10H14N2O2/c1-7-3-5-14-9(7)6-12-8-2-4-11-10(8)13/h3,5,8,12H,2,4,6H2,1H3,(H,11,13). The molecule has 0 spiro atoms. The number of hydrogen-bond donors (Lipinski definition) is 2. The molecule has 0 saturated carbocycles. The van der Waals surface area contributed by atoms with E-state index in [1.807, 2.05) is 13.0 Å². The van der Waals surface area contributed by atoms with E-state index in [2.05, 4.69) is 10.6 Å². The number of rotatable bonds is 3. The van der Waals surface area contributed by atoms with Crippen LogP contribution in [0.25, 0.3) is 0 Å². The van der Waals surface area contributed by atoms with Gasteiger partial charge in [-0.2, -0.15) is 0 Å². The van der Waals surface area contributed by atoms with Gasteiger partial charge < -0.3 is 9.73 Å². The number of nitrogens with one attached hydrogen (secondary N) is 2. The van der Waals surface area contributed by atoms with E-state index in [0.717, 1.165) is 24.3 Å². The molecule has 76 valence electrons. The molecule has 14 heavy (non-hydrogen) atoms. The zero-order valence-corrected chi connectivity index (χ0v) is 8.17. The highest BCUT2D eigenvalue weighted by Gasteiger charge is 2.23. The highest BCUT2D eigenvalue weighted by atomic mass is 16.3. The first-order valence-corrected chi connectivity index (χ1v) is 4.81. The van der Waals surface area contributed by atoms with Crippen LogP contribution in [-0.4, -0.2) is 18.5 Å². The van der Waals surface area contributed by atoms with Crippen molar-refractivity contribution in [2.45, 2.75) is 25.9 Å². The minimum absolute atomic E-state index is 0.0560. The van der Waals surface area contributed by atoms with Crippen molar-refractivity contribution in [1.82, 2.24) is 10.6 Å². The minimum atomic E-state index is -0.0560. The van der Waals surface area contributed by atoms with Crippen LogP contribution < -0.4 is 10.6 Å². The summed E-state index contributed by atoms with van der Waals surface area (Å²) in [5.74, 6) is 0.999. The molecule has 1 aliphatic rings.